The van der Waals surface area contributed by atoms with Crippen LogP contribution in [0.3, 0.4) is 0 Å². The van der Waals surface area contributed by atoms with E-state index in [1.807, 2.05) is 91.1 Å². The minimum absolute atomic E-state index is 0.0960. The molecule has 3 rings (SSSR count). The maximum Gasteiger partial charge on any atom is 0.182 e. The van der Waals surface area contributed by atoms with Gasteiger partial charge in [-0.1, -0.05) is 79.6 Å². The predicted octanol–water partition coefficient (Wildman–Crippen LogP) is 5.94. The van der Waals surface area contributed by atoms with E-state index in [1.165, 1.54) is 0 Å². The summed E-state index contributed by atoms with van der Waals surface area (Å²) in [6.07, 6.45) is -2.25. The number of aliphatic hydroxyl groups is 1. The Morgan fingerprint density at radius 1 is 0.949 bits per heavy atom. The van der Waals surface area contributed by atoms with E-state index in [0.29, 0.717) is 38.9 Å². The Hall–Kier alpha value is -1.75. The largest absolute Gasteiger partial charge is 0.378 e. The highest BCUT2D eigenvalue weighted by Gasteiger charge is 2.44. The van der Waals surface area contributed by atoms with Crippen LogP contribution in [0.5, 0.6) is 0 Å². The lowest BCUT2D eigenvalue weighted by Crippen LogP contribution is -2.56. The van der Waals surface area contributed by atoms with Gasteiger partial charge in [-0.15, -0.1) is 0 Å². The van der Waals surface area contributed by atoms with E-state index >= 15 is 0 Å². The fourth-order valence-electron chi connectivity index (χ4n) is 4.36. The maximum absolute atomic E-state index is 10.8. The van der Waals surface area contributed by atoms with Gasteiger partial charge in [0.2, 0.25) is 0 Å². The fraction of sp³-hybridized carbons (Fsp3) is 0.586. The van der Waals surface area contributed by atoms with Gasteiger partial charge in [-0.2, -0.15) is 23.5 Å². The van der Waals surface area contributed by atoms with Crippen LogP contribution in [0.2, 0.25) is 0 Å². The van der Waals surface area contributed by atoms with Crippen LogP contribution < -0.4 is 0 Å². The third-order valence-corrected chi connectivity index (χ3v) is 8.96. The molecule has 39 heavy (non-hydrogen) atoms. The SMILES string of the molecule is CC(CSCCN=[N+]=[N-])CSCCOCC1OC(O)C(OCc2ccccc2)[C@@H](C)[C@H]1OCc1ccccc1. The third-order valence-electron chi connectivity index (χ3n) is 6.43. The molecule has 0 saturated carbocycles. The summed E-state index contributed by atoms with van der Waals surface area (Å²) in [7, 11) is 0. The number of azide groups is 1. The monoisotopic (exact) mass is 575 g/mol. The number of rotatable bonds is 18. The van der Waals surface area contributed by atoms with Crippen molar-refractivity contribution in [1.29, 1.82) is 0 Å². The second-order valence-electron chi connectivity index (χ2n) is 9.73. The maximum atomic E-state index is 10.8. The minimum Gasteiger partial charge on any atom is -0.378 e. The average molecular weight is 576 g/mol. The molecule has 0 bridgehead atoms. The molecule has 0 amide bonds. The van der Waals surface area contributed by atoms with Crippen LogP contribution in [0, 0.1) is 11.8 Å². The predicted molar refractivity (Wildman–Crippen MR) is 159 cm³/mol. The van der Waals surface area contributed by atoms with E-state index in [9.17, 15) is 5.11 Å². The molecule has 214 valence electrons. The minimum atomic E-state index is -1.06. The van der Waals surface area contributed by atoms with Gasteiger partial charge in [-0.3, -0.25) is 0 Å². The second kappa shape index (κ2) is 18.6. The highest BCUT2D eigenvalue weighted by molar-refractivity contribution is 8.00. The molecule has 0 aromatic heterocycles. The average Bonchev–Trinajstić information content (AvgIpc) is 2.95. The first-order chi connectivity index (χ1) is 19.1. The molecule has 6 atom stereocenters. The lowest BCUT2D eigenvalue weighted by molar-refractivity contribution is -0.293. The van der Waals surface area contributed by atoms with Crippen molar-refractivity contribution in [3.8, 4) is 0 Å². The van der Waals surface area contributed by atoms with Gasteiger partial charge in [0, 0.05) is 23.1 Å². The molecule has 1 N–H and O–H groups in total. The number of nitrogens with zero attached hydrogens (tertiary/aromatic N) is 3. The molecule has 0 radical (unpaired) electrons. The van der Waals surface area contributed by atoms with Gasteiger partial charge >= 0.3 is 0 Å². The van der Waals surface area contributed by atoms with Crippen molar-refractivity contribution in [2.45, 2.75) is 51.7 Å². The highest BCUT2D eigenvalue weighted by Crippen LogP contribution is 2.31. The standard InChI is InChI=1S/C29H41N3O5S2/c1-22(20-38-15-13-31-32-30)21-39-16-14-34-19-26-27(35-17-24-9-5-3-6-10-24)23(2)28(29(33)37-26)36-18-25-11-7-4-8-12-25/h3-12,22-23,26-29,33H,13-21H2,1-2H3/t22?,23-,26?,27+,28?,29?/m0/s1. The second-order valence-corrected chi connectivity index (χ2v) is 12.0. The first kappa shape index (κ1) is 31.8. The Morgan fingerprint density at radius 2 is 1.54 bits per heavy atom. The van der Waals surface area contributed by atoms with Crippen molar-refractivity contribution in [2.24, 2.45) is 17.0 Å². The van der Waals surface area contributed by atoms with Crippen molar-refractivity contribution < 1.29 is 24.1 Å². The Morgan fingerprint density at radius 3 is 2.15 bits per heavy atom. The van der Waals surface area contributed by atoms with Gasteiger partial charge in [-0.05, 0) is 39.8 Å². The molecule has 0 aliphatic carbocycles. The van der Waals surface area contributed by atoms with E-state index in [2.05, 4.69) is 16.9 Å². The molecule has 1 fully saturated rings. The van der Waals surface area contributed by atoms with Crippen LogP contribution >= 0.6 is 23.5 Å². The first-order valence-corrected chi connectivity index (χ1v) is 15.8. The molecule has 1 saturated heterocycles. The molecule has 1 aliphatic heterocycles. The molecule has 10 heteroatoms. The van der Waals surface area contributed by atoms with E-state index in [-0.39, 0.29) is 12.0 Å². The summed E-state index contributed by atoms with van der Waals surface area (Å²) in [5, 5.41) is 14.4. The van der Waals surface area contributed by atoms with Crippen molar-refractivity contribution in [1.82, 2.24) is 0 Å². The number of thioether (sulfide) groups is 2. The summed E-state index contributed by atoms with van der Waals surface area (Å²) in [4.78, 5) is 2.78. The van der Waals surface area contributed by atoms with Gasteiger partial charge < -0.3 is 24.1 Å². The van der Waals surface area contributed by atoms with Crippen LogP contribution in [-0.4, -0.2) is 72.5 Å². The fourth-order valence-corrected chi connectivity index (χ4v) is 6.33. The zero-order valence-electron chi connectivity index (χ0n) is 22.8. The molecule has 1 aliphatic rings. The third kappa shape index (κ3) is 11.7. The zero-order valence-corrected chi connectivity index (χ0v) is 24.5. The van der Waals surface area contributed by atoms with Crippen molar-refractivity contribution in [2.75, 3.05) is 42.8 Å². The van der Waals surface area contributed by atoms with Gasteiger partial charge in [0.05, 0.1) is 32.5 Å². The quantitative estimate of drug-likeness (QED) is 0.101. The Labute approximate surface area is 240 Å². The number of hydrogen-bond donors (Lipinski definition) is 1. The Balaban J connectivity index is 1.45. The summed E-state index contributed by atoms with van der Waals surface area (Å²) in [6.45, 7) is 6.62. The number of hydrogen-bond acceptors (Lipinski definition) is 8. The van der Waals surface area contributed by atoms with Crippen LogP contribution in [-0.2, 0) is 32.2 Å². The van der Waals surface area contributed by atoms with Gasteiger partial charge in [0.25, 0.3) is 0 Å². The molecule has 8 nitrogen and oxygen atoms in total. The van der Waals surface area contributed by atoms with Crippen LogP contribution in [0.4, 0.5) is 0 Å². The Kier molecular flexibility index (Phi) is 15.1. The van der Waals surface area contributed by atoms with Gasteiger partial charge in [0.15, 0.2) is 6.29 Å². The number of ether oxygens (including phenoxy) is 4. The smallest absolute Gasteiger partial charge is 0.182 e. The molecular formula is C29H41N3O5S2. The highest BCUT2D eigenvalue weighted by atomic mass is 32.2. The van der Waals surface area contributed by atoms with E-state index in [4.69, 9.17) is 24.5 Å². The number of benzene rings is 2. The van der Waals surface area contributed by atoms with Crippen LogP contribution in [0.15, 0.2) is 65.8 Å². The summed E-state index contributed by atoms with van der Waals surface area (Å²) in [5.74, 6) is 4.33. The molecular weight excluding hydrogens is 534 g/mol. The van der Waals surface area contributed by atoms with Crippen LogP contribution in [0.1, 0.15) is 25.0 Å². The topological polar surface area (TPSA) is 106 Å². The van der Waals surface area contributed by atoms with Crippen molar-refractivity contribution in [3.63, 3.8) is 0 Å². The molecule has 0 spiro atoms. The van der Waals surface area contributed by atoms with E-state index in [1.54, 1.807) is 0 Å². The van der Waals surface area contributed by atoms with Gasteiger partial charge in [-0.25, -0.2) is 0 Å². The normalized spacial score (nSPS) is 23.7. The Bertz CT molecular complexity index is 968. The van der Waals surface area contributed by atoms with E-state index < -0.39 is 18.5 Å². The summed E-state index contributed by atoms with van der Waals surface area (Å²) in [5.41, 5.74) is 10.5. The molecule has 4 unspecified atom stereocenters. The van der Waals surface area contributed by atoms with Crippen molar-refractivity contribution in [3.05, 3.63) is 82.2 Å². The van der Waals surface area contributed by atoms with Crippen LogP contribution in [0.25, 0.3) is 10.4 Å². The summed E-state index contributed by atoms with van der Waals surface area (Å²) in [6, 6.07) is 20.0. The lowest BCUT2D eigenvalue weighted by Gasteiger charge is -2.43. The number of aliphatic hydroxyl groups excluding tert-OH is 1. The molecule has 1 heterocycles. The van der Waals surface area contributed by atoms with Crippen molar-refractivity contribution >= 4 is 23.5 Å². The summed E-state index contributed by atoms with van der Waals surface area (Å²) >= 11 is 3.69. The molecule has 2 aromatic rings. The molecule has 2 aromatic carbocycles. The first-order valence-electron chi connectivity index (χ1n) is 13.5. The zero-order chi connectivity index (χ0) is 27.7. The lowest BCUT2D eigenvalue weighted by atomic mass is 9.90. The van der Waals surface area contributed by atoms with E-state index in [0.717, 1.165) is 34.1 Å². The summed E-state index contributed by atoms with van der Waals surface area (Å²) < 4.78 is 24.5. The van der Waals surface area contributed by atoms with Gasteiger partial charge in [0.1, 0.15) is 12.2 Å².